The largest absolute Gasteiger partial charge is 0.481 e. The van der Waals surface area contributed by atoms with E-state index in [1.807, 2.05) is 18.2 Å². The standard InChI is InChI=1S/C22H26FNO3/c1-15(2)18-5-4-6-20(13-18)27-16(3)22(25)24-11-12-26-21(14-24)17-7-9-19(23)10-8-17/h4-10,13,15-16,21H,11-12,14H2,1-3H3. The Bertz CT molecular complexity index is 775. The van der Waals surface area contributed by atoms with Crippen LogP contribution in [0.5, 0.6) is 5.75 Å². The van der Waals surface area contributed by atoms with Crippen molar-refractivity contribution in [3.8, 4) is 5.75 Å². The van der Waals surface area contributed by atoms with Crippen LogP contribution in [-0.2, 0) is 9.53 Å². The monoisotopic (exact) mass is 371 g/mol. The Morgan fingerprint density at radius 3 is 2.63 bits per heavy atom. The van der Waals surface area contributed by atoms with Crippen LogP contribution in [0, 0.1) is 5.82 Å². The van der Waals surface area contributed by atoms with E-state index in [-0.39, 0.29) is 17.8 Å². The van der Waals surface area contributed by atoms with Gasteiger partial charge in [0.15, 0.2) is 6.10 Å². The summed E-state index contributed by atoms with van der Waals surface area (Å²) < 4.78 is 24.8. The third kappa shape index (κ3) is 4.86. The molecule has 0 bridgehead atoms. The molecule has 5 heteroatoms. The molecule has 1 fully saturated rings. The van der Waals surface area contributed by atoms with E-state index < -0.39 is 6.10 Å². The van der Waals surface area contributed by atoms with Gasteiger partial charge in [-0.15, -0.1) is 0 Å². The molecule has 2 atom stereocenters. The summed E-state index contributed by atoms with van der Waals surface area (Å²) in [5.41, 5.74) is 2.04. The lowest BCUT2D eigenvalue weighted by atomic mass is 10.0. The summed E-state index contributed by atoms with van der Waals surface area (Å²) in [6, 6.07) is 14.1. The Hall–Kier alpha value is -2.40. The average molecular weight is 371 g/mol. The molecule has 144 valence electrons. The minimum absolute atomic E-state index is 0.0691. The molecule has 0 spiro atoms. The van der Waals surface area contributed by atoms with Crippen LogP contribution in [0.25, 0.3) is 0 Å². The van der Waals surface area contributed by atoms with Crippen LogP contribution in [0.4, 0.5) is 4.39 Å². The molecule has 0 aliphatic carbocycles. The molecule has 1 heterocycles. The minimum Gasteiger partial charge on any atom is -0.481 e. The highest BCUT2D eigenvalue weighted by Gasteiger charge is 2.29. The maximum absolute atomic E-state index is 13.1. The fourth-order valence-corrected chi connectivity index (χ4v) is 3.19. The Kier molecular flexibility index (Phi) is 6.11. The third-order valence-electron chi connectivity index (χ3n) is 4.81. The van der Waals surface area contributed by atoms with Crippen molar-refractivity contribution in [2.24, 2.45) is 0 Å². The number of hydrogen-bond acceptors (Lipinski definition) is 3. The maximum Gasteiger partial charge on any atom is 0.263 e. The van der Waals surface area contributed by atoms with Crippen LogP contribution >= 0.6 is 0 Å². The summed E-state index contributed by atoms with van der Waals surface area (Å²) in [6.07, 6.45) is -0.834. The molecule has 1 aliphatic rings. The summed E-state index contributed by atoms with van der Waals surface area (Å²) in [7, 11) is 0. The molecular formula is C22H26FNO3. The second-order valence-corrected chi connectivity index (χ2v) is 7.18. The van der Waals surface area contributed by atoms with Crippen molar-refractivity contribution in [2.45, 2.75) is 38.9 Å². The van der Waals surface area contributed by atoms with Crippen LogP contribution in [0.3, 0.4) is 0 Å². The molecule has 2 aromatic carbocycles. The molecule has 1 aliphatic heterocycles. The number of carbonyl (C=O) groups is 1. The molecule has 2 unspecified atom stereocenters. The first-order valence-electron chi connectivity index (χ1n) is 9.36. The van der Waals surface area contributed by atoms with Crippen molar-refractivity contribution in [3.63, 3.8) is 0 Å². The molecule has 2 aromatic rings. The topological polar surface area (TPSA) is 38.8 Å². The summed E-state index contributed by atoms with van der Waals surface area (Å²) in [5, 5.41) is 0. The van der Waals surface area contributed by atoms with Gasteiger partial charge in [-0.1, -0.05) is 38.1 Å². The molecule has 1 saturated heterocycles. The van der Waals surface area contributed by atoms with Crippen molar-refractivity contribution in [1.82, 2.24) is 4.90 Å². The van der Waals surface area contributed by atoms with E-state index in [0.717, 1.165) is 5.56 Å². The van der Waals surface area contributed by atoms with Gasteiger partial charge in [-0.05, 0) is 48.2 Å². The van der Waals surface area contributed by atoms with E-state index >= 15 is 0 Å². The van der Waals surface area contributed by atoms with Gasteiger partial charge in [0.1, 0.15) is 17.7 Å². The van der Waals surface area contributed by atoms with Gasteiger partial charge < -0.3 is 14.4 Å². The normalized spacial score (nSPS) is 18.4. The Morgan fingerprint density at radius 1 is 1.19 bits per heavy atom. The number of hydrogen-bond donors (Lipinski definition) is 0. The minimum atomic E-state index is -0.584. The van der Waals surface area contributed by atoms with Crippen LogP contribution < -0.4 is 4.74 Å². The number of benzene rings is 2. The van der Waals surface area contributed by atoms with Gasteiger partial charge in [-0.25, -0.2) is 4.39 Å². The number of amides is 1. The summed E-state index contributed by atoms with van der Waals surface area (Å²) in [6.45, 7) is 7.42. The summed E-state index contributed by atoms with van der Waals surface area (Å²) in [5.74, 6) is 0.745. The van der Waals surface area contributed by atoms with Crippen LogP contribution in [-0.4, -0.2) is 36.6 Å². The number of rotatable bonds is 5. The molecule has 27 heavy (non-hydrogen) atoms. The lowest BCUT2D eigenvalue weighted by Crippen LogP contribution is -2.47. The number of carbonyl (C=O) groups excluding carboxylic acids is 1. The maximum atomic E-state index is 13.1. The Labute approximate surface area is 159 Å². The first-order chi connectivity index (χ1) is 12.9. The molecule has 0 aromatic heterocycles. The second-order valence-electron chi connectivity index (χ2n) is 7.18. The third-order valence-corrected chi connectivity index (χ3v) is 4.81. The smallest absolute Gasteiger partial charge is 0.263 e. The fraction of sp³-hybridized carbons (Fsp3) is 0.409. The van der Waals surface area contributed by atoms with Gasteiger partial charge in [-0.3, -0.25) is 4.79 Å². The van der Waals surface area contributed by atoms with Gasteiger partial charge >= 0.3 is 0 Å². The van der Waals surface area contributed by atoms with E-state index in [1.165, 1.54) is 17.7 Å². The molecule has 4 nitrogen and oxygen atoms in total. The number of ether oxygens (including phenoxy) is 2. The SMILES string of the molecule is CC(Oc1cccc(C(C)C)c1)C(=O)N1CCOC(c2ccc(F)cc2)C1. The molecule has 1 amide bonds. The lowest BCUT2D eigenvalue weighted by molar-refractivity contribution is -0.145. The lowest BCUT2D eigenvalue weighted by Gasteiger charge is -2.34. The highest BCUT2D eigenvalue weighted by molar-refractivity contribution is 5.81. The molecule has 0 N–H and O–H groups in total. The van der Waals surface area contributed by atoms with E-state index in [9.17, 15) is 9.18 Å². The average Bonchev–Trinajstić information content (AvgIpc) is 2.68. The van der Waals surface area contributed by atoms with Crippen molar-refractivity contribution in [3.05, 3.63) is 65.5 Å². The fourth-order valence-electron chi connectivity index (χ4n) is 3.19. The van der Waals surface area contributed by atoms with E-state index in [2.05, 4.69) is 19.9 Å². The zero-order valence-electron chi connectivity index (χ0n) is 16.0. The van der Waals surface area contributed by atoms with Crippen molar-refractivity contribution < 1.29 is 18.7 Å². The van der Waals surface area contributed by atoms with Crippen LogP contribution in [0.1, 0.15) is 43.9 Å². The predicted octanol–water partition coefficient (Wildman–Crippen LogP) is 4.32. The first kappa shape index (κ1) is 19.4. The molecular weight excluding hydrogens is 345 g/mol. The van der Waals surface area contributed by atoms with E-state index in [0.29, 0.717) is 31.4 Å². The first-order valence-corrected chi connectivity index (χ1v) is 9.36. The zero-order chi connectivity index (χ0) is 19.4. The van der Waals surface area contributed by atoms with Crippen molar-refractivity contribution in [2.75, 3.05) is 19.7 Å². The van der Waals surface area contributed by atoms with Crippen molar-refractivity contribution >= 4 is 5.91 Å². The van der Waals surface area contributed by atoms with E-state index in [1.54, 1.807) is 24.0 Å². The van der Waals surface area contributed by atoms with Crippen LogP contribution in [0.2, 0.25) is 0 Å². The summed E-state index contributed by atoms with van der Waals surface area (Å²) >= 11 is 0. The number of nitrogens with zero attached hydrogens (tertiary/aromatic N) is 1. The summed E-state index contributed by atoms with van der Waals surface area (Å²) in [4.78, 5) is 14.6. The number of morpholine rings is 1. The van der Waals surface area contributed by atoms with E-state index in [4.69, 9.17) is 9.47 Å². The predicted molar refractivity (Wildman–Crippen MR) is 102 cm³/mol. The van der Waals surface area contributed by atoms with Gasteiger partial charge in [0, 0.05) is 6.54 Å². The Balaban J connectivity index is 1.64. The Morgan fingerprint density at radius 2 is 1.93 bits per heavy atom. The molecule has 3 rings (SSSR count). The zero-order valence-corrected chi connectivity index (χ0v) is 16.0. The van der Waals surface area contributed by atoms with Crippen molar-refractivity contribution in [1.29, 1.82) is 0 Å². The highest BCUT2D eigenvalue weighted by atomic mass is 19.1. The van der Waals surface area contributed by atoms with Gasteiger partial charge in [-0.2, -0.15) is 0 Å². The van der Waals surface area contributed by atoms with Gasteiger partial charge in [0.25, 0.3) is 5.91 Å². The molecule has 0 saturated carbocycles. The molecule has 0 radical (unpaired) electrons. The van der Waals surface area contributed by atoms with Gasteiger partial charge in [0.2, 0.25) is 0 Å². The number of halogens is 1. The second kappa shape index (κ2) is 8.53. The van der Waals surface area contributed by atoms with Crippen LogP contribution in [0.15, 0.2) is 48.5 Å². The highest BCUT2D eigenvalue weighted by Crippen LogP contribution is 2.24. The quantitative estimate of drug-likeness (QED) is 0.786. The van der Waals surface area contributed by atoms with Gasteiger partial charge in [0.05, 0.1) is 13.2 Å².